The summed E-state index contributed by atoms with van der Waals surface area (Å²) in [5, 5.41) is 5.50. The van der Waals surface area contributed by atoms with Gasteiger partial charge in [0, 0.05) is 21.5 Å². The monoisotopic (exact) mass is 577 g/mol. The van der Waals surface area contributed by atoms with Crippen LogP contribution in [0.5, 0.6) is 5.75 Å². The standard InChI is InChI=1S/C23H17Cl3F3N3O3S/c24-14-3-1-13(2-4-14)20-12-21(31-30-20)22(18-10-5-15(25)11-19(18)26)32-36(33,34)17-8-6-16(7-9-17)35-23(27,28)29/h1-11,20,22,30,32H,12H2. The van der Waals surface area contributed by atoms with E-state index in [1.54, 1.807) is 24.3 Å². The van der Waals surface area contributed by atoms with Gasteiger partial charge in [-0.2, -0.15) is 9.82 Å². The Morgan fingerprint density at radius 2 is 1.61 bits per heavy atom. The number of sulfonamides is 1. The highest BCUT2D eigenvalue weighted by atomic mass is 35.5. The van der Waals surface area contributed by atoms with Gasteiger partial charge in [-0.1, -0.05) is 53.0 Å². The van der Waals surface area contributed by atoms with Crippen LogP contribution in [-0.4, -0.2) is 20.5 Å². The molecule has 6 nitrogen and oxygen atoms in total. The lowest BCUT2D eigenvalue weighted by Gasteiger charge is -2.21. The SMILES string of the molecule is O=S(=O)(NC(C1=NNC(c2ccc(Cl)cc2)C1)c1ccc(Cl)cc1Cl)c1ccc(OC(F)(F)F)cc1. The molecule has 0 spiro atoms. The highest BCUT2D eigenvalue weighted by Gasteiger charge is 2.33. The number of hydrazone groups is 1. The lowest BCUT2D eigenvalue weighted by Crippen LogP contribution is -2.33. The van der Waals surface area contributed by atoms with Crippen molar-refractivity contribution in [1.29, 1.82) is 0 Å². The molecular weight excluding hydrogens is 562 g/mol. The molecule has 0 saturated carbocycles. The minimum absolute atomic E-state index is 0.210. The first-order chi connectivity index (χ1) is 16.9. The number of hydrogen-bond acceptors (Lipinski definition) is 5. The van der Waals surface area contributed by atoms with Gasteiger partial charge in [0.1, 0.15) is 5.75 Å². The Balaban J connectivity index is 1.63. The Bertz CT molecular complexity index is 1380. The molecule has 1 heterocycles. The highest BCUT2D eigenvalue weighted by molar-refractivity contribution is 7.89. The maximum absolute atomic E-state index is 13.2. The van der Waals surface area contributed by atoms with E-state index in [0.717, 1.165) is 29.8 Å². The van der Waals surface area contributed by atoms with Crippen molar-refractivity contribution in [2.45, 2.75) is 29.8 Å². The molecule has 0 bridgehead atoms. The molecule has 0 amide bonds. The number of benzene rings is 3. The van der Waals surface area contributed by atoms with Crippen molar-refractivity contribution in [1.82, 2.24) is 10.1 Å². The predicted molar refractivity (Wildman–Crippen MR) is 132 cm³/mol. The molecule has 1 aliphatic rings. The average Bonchev–Trinajstić information content (AvgIpc) is 3.28. The van der Waals surface area contributed by atoms with Crippen LogP contribution in [0.4, 0.5) is 13.2 Å². The average molecular weight is 579 g/mol. The first kappa shape index (κ1) is 26.6. The van der Waals surface area contributed by atoms with E-state index in [1.807, 2.05) is 12.1 Å². The molecule has 0 saturated heterocycles. The summed E-state index contributed by atoms with van der Waals surface area (Å²) in [6.45, 7) is 0. The topological polar surface area (TPSA) is 79.8 Å². The number of alkyl halides is 3. The van der Waals surface area contributed by atoms with Crippen molar-refractivity contribution in [2.24, 2.45) is 5.10 Å². The first-order valence-electron chi connectivity index (χ1n) is 10.3. The van der Waals surface area contributed by atoms with Crippen molar-refractivity contribution in [3.63, 3.8) is 0 Å². The Kier molecular flexibility index (Phi) is 7.72. The predicted octanol–water partition coefficient (Wildman–Crippen LogP) is 6.66. The number of nitrogens with one attached hydrogen (secondary N) is 2. The summed E-state index contributed by atoms with van der Waals surface area (Å²) in [5.74, 6) is -0.547. The summed E-state index contributed by atoms with van der Waals surface area (Å²) in [4.78, 5) is -0.270. The third kappa shape index (κ3) is 6.43. The molecule has 190 valence electrons. The van der Waals surface area contributed by atoms with Crippen LogP contribution in [0.3, 0.4) is 0 Å². The molecule has 13 heteroatoms. The zero-order chi connectivity index (χ0) is 26.1. The van der Waals surface area contributed by atoms with E-state index in [0.29, 0.717) is 27.7 Å². The summed E-state index contributed by atoms with van der Waals surface area (Å²) >= 11 is 18.4. The number of hydrogen-bond donors (Lipinski definition) is 2. The quantitative estimate of drug-likeness (QED) is 0.329. The molecule has 2 atom stereocenters. The first-order valence-corrected chi connectivity index (χ1v) is 12.9. The maximum Gasteiger partial charge on any atom is 0.573 e. The van der Waals surface area contributed by atoms with E-state index >= 15 is 0 Å². The van der Waals surface area contributed by atoms with Gasteiger partial charge in [-0.3, -0.25) is 0 Å². The molecule has 0 radical (unpaired) electrons. The number of rotatable bonds is 7. The van der Waals surface area contributed by atoms with E-state index < -0.39 is 28.2 Å². The summed E-state index contributed by atoms with van der Waals surface area (Å²) in [5.41, 5.74) is 4.73. The molecular formula is C23H17Cl3F3N3O3S. The van der Waals surface area contributed by atoms with Gasteiger partial charge in [-0.15, -0.1) is 13.2 Å². The van der Waals surface area contributed by atoms with Crippen LogP contribution in [0.2, 0.25) is 15.1 Å². The second kappa shape index (κ2) is 10.5. The third-order valence-electron chi connectivity index (χ3n) is 5.30. The van der Waals surface area contributed by atoms with Gasteiger partial charge in [-0.05, 0) is 59.7 Å². The molecule has 36 heavy (non-hydrogen) atoms. The van der Waals surface area contributed by atoms with Gasteiger partial charge in [0.2, 0.25) is 10.0 Å². The number of nitrogens with zero attached hydrogens (tertiary/aromatic N) is 1. The van der Waals surface area contributed by atoms with Gasteiger partial charge < -0.3 is 10.2 Å². The Hall–Kier alpha value is -2.50. The van der Waals surface area contributed by atoms with E-state index in [9.17, 15) is 21.6 Å². The molecule has 0 aliphatic carbocycles. The fourth-order valence-corrected chi connectivity index (χ4v) is 5.47. The van der Waals surface area contributed by atoms with E-state index in [-0.39, 0.29) is 16.0 Å². The molecule has 0 fully saturated rings. The van der Waals surface area contributed by atoms with Crippen LogP contribution in [0, 0.1) is 0 Å². The largest absolute Gasteiger partial charge is 0.573 e. The normalized spacial score (nSPS) is 16.8. The Morgan fingerprint density at radius 3 is 2.22 bits per heavy atom. The molecule has 2 N–H and O–H groups in total. The number of halogens is 6. The van der Waals surface area contributed by atoms with Crippen LogP contribution < -0.4 is 14.9 Å². The fourth-order valence-electron chi connectivity index (χ4n) is 3.62. The molecule has 1 aliphatic heterocycles. The van der Waals surface area contributed by atoms with Crippen LogP contribution in [0.25, 0.3) is 0 Å². The van der Waals surface area contributed by atoms with Crippen molar-refractivity contribution in [3.8, 4) is 5.75 Å². The van der Waals surface area contributed by atoms with Crippen LogP contribution in [-0.2, 0) is 10.0 Å². The second-order valence-electron chi connectivity index (χ2n) is 7.78. The van der Waals surface area contributed by atoms with Gasteiger partial charge >= 0.3 is 6.36 Å². The van der Waals surface area contributed by atoms with E-state index in [4.69, 9.17) is 34.8 Å². The molecule has 0 aromatic heterocycles. The van der Waals surface area contributed by atoms with Crippen molar-refractivity contribution in [2.75, 3.05) is 0 Å². The lowest BCUT2D eigenvalue weighted by atomic mass is 9.96. The second-order valence-corrected chi connectivity index (χ2v) is 10.8. The Labute approximate surface area is 220 Å². The van der Waals surface area contributed by atoms with Gasteiger partial charge in [0.15, 0.2) is 0 Å². The minimum Gasteiger partial charge on any atom is -0.406 e. The molecule has 2 unspecified atom stereocenters. The molecule has 3 aromatic carbocycles. The van der Waals surface area contributed by atoms with Crippen LogP contribution in [0.15, 0.2) is 76.7 Å². The zero-order valence-electron chi connectivity index (χ0n) is 18.1. The third-order valence-corrected chi connectivity index (χ3v) is 7.55. The van der Waals surface area contributed by atoms with Crippen molar-refractivity contribution < 1.29 is 26.3 Å². The molecule has 4 rings (SSSR count). The number of ether oxygens (including phenoxy) is 1. The molecule has 3 aromatic rings. The van der Waals surface area contributed by atoms with Gasteiger partial charge in [0.25, 0.3) is 0 Å². The fraction of sp³-hybridized carbons (Fsp3) is 0.174. The summed E-state index contributed by atoms with van der Waals surface area (Å²) in [7, 11) is -4.22. The van der Waals surface area contributed by atoms with Gasteiger partial charge in [-0.25, -0.2) is 8.42 Å². The summed E-state index contributed by atoms with van der Waals surface area (Å²) < 4.78 is 70.1. The summed E-state index contributed by atoms with van der Waals surface area (Å²) in [6.07, 6.45) is -4.56. The van der Waals surface area contributed by atoms with E-state index in [1.165, 1.54) is 6.07 Å². The highest BCUT2D eigenvalue weighted by Crippen LogP contribution is 2.34. The zero-order valence-corrected chi connectivity index (χ0v) is 21.1. The van der Waals surface area contributed by atoms with Crippen molar-refractivity contribution in [3.05, 3.63) is 92.9 Å². The lowest BCUT2D eigenvalue weighted by molar-refractivity contribution is -0.274. The van der Waals surface area contributed by atoms with E-state index in [2.05, 4.69) is 20.0 Å². The smallest absolute Gasteiger partial charge is 0.406 e. The van der Waals surface area contributed by atoms with Crippen LogP contribution >= 0.6 is 34.8 Å². The van der Waals surface area contributed by atoms with Crippen molar-refractivity contribution >= 4 is 50.5 Å². The summed E-state index contributed by atoms with van der Waals surface area (Å²) in [6, 6.07) is 14.4. The van der Waals surface area contributed by atoms with Crippen LogP contribution in [0.1, 0.15) is 29.6 Å². The Morgan fingerprint density at radius 1 is 0.972 bits per heavy atom. The maximum atomic E-state index is 13.2. The minimum atomic E-state index is -4.90. The van der Waals surface area contributed by atoms with Gasteiger partial charge in [0.05, 0.1) is 22.7 Å².